The Kier molecular flexibility index (Phi) is 10.2. The van der Waals surface area contributed by atoms with Gasteiger partial charge in [0.1, 0.15) is 0 Å². The highest BCUT2D eigenvalue weighted by atomic mass is 35.5. The zero-order chi connectivity index (χ0) is 16.8. The van der Waals surface area contributed by atoms with Crippen LogP contribution in [-0.2, 0) is 4.79 Å². The van der Waals surface area contributed by atoms with E-state index in [-0.39, 0.29) is 30.7 Å². The average Bonchev–Trinajstić information content (AvgIpc) is 3.23. The van der Waals surface area contributed by atoms with E-state index in [2.05, 4.69) is 10.2 Å². The van der Waals surface area contributed by atoms with E-state index in [1.165, 1.54) is 12.8 Å². The number of anilines is 2. The van der Waals surface area contributed by atoms with Crippen LogP contribution >= 0.6 is 36.2 Å². The monoisotopic (exact) mass is 418 g/mol. The lowest BCUT2D eigenvalue weighted by Crippen LogP contribution is -2.16. The van der Waals surface area contributed by atoms with Crippen molar-refractivity contribution in [2.45, 2.75) is 44.9 Å². The second-order valence-electron chi connectivity index (χ2n) is 6.37. The molecule has 26 heavy (non-hydrogen) atoms. The summed E-state index contributed by atoms with van der Waals surface area (Å²) in [6.07, 6.45) is 7.22. The first-order valence-electron chi connectivity index (χ1n) is 8.92. The van der Waals surface area contributed by atoms with E-state index < -0.39 is 0 Å². The third kappa shape index (κ3) is 6.27. The van der Waals surface area contributed by atoms with Gasteiger partial charge in [-0.25, -0.2) is 4.98 Å². The molecule has 1 saturated heterocycles. The fraction of sp³-hybridized carbons (Fsp3) is 0.556. The van der Waals surface area contributed by atoms with Crippen LogP contribution in [0.25, 0.3) is 10.2 Å². The molecule has 1 fully saturated rings. The van der Waals surface area contributed by atoms with E-state index in [0.29, 0.717) is 6.42 Å². The number of nitrogens with zero attached hydrogens (tertiary/aromatic N) is 2. The summed E-state index contributed by atoms with van der Waals surface area (Å²) in [6.45, 7) is 2.95. The van der Waals surface area contributed by atoms with Crippen molar-refractivity contribution in [1.82, 2.24) is 4.98 Å². The molecule has 0 saturated carbocycles. The zero-order valence-electron chi connectivity index (χ0n) is 14.9. The Morgan fingerprint density at radius 3 is 2.62 bits per heavy atom. The summed E-state index contributed by atoms with van der Waals surface area (Å²) in [4.78, 5) is 19.1. The van der Waals surface area contributed by atoms with Crippen molar-refractivity contribution in [3.05, 3.63) is 18.2 Å². The molecule has 2 heterocycles. The topological polar surface area (TPSA) is 71.2 Å². The number of hydrogen-bond donors (Lipinski definition) is 2. The van der Waals surface area contributed by atoms with E-state index >= 15 is 0 Å². The van der Waals surface area contributed by atoms with E-state index in [1.54, 1.807) is 11.3 Å². The molecule has 1 aromatic carbocycles. The zero-order valence-corrected chi connectivity index (χ0v) is 17.4. The smallest absolute Gasteiger partial charge is 0.224 e. The Bertz CT molecular complexity index is 689. The molecule has 0 radical (unpaired) electrons. The second kappa shape index (κ2) is 11.6. The van der Waals surface area contributed by atoms with Crippen LogP contribution < -0.4 is 16.0 Å². The number of hydrogen-bond acceptors (Lipinski definition) is 5. The van der Waals surface area contributed by atoms with Crippen LogP contribution in [0.15, 0.2) is 18.2 Å². The van der Waals surface area contributed by atoms with Crippen LogP contribution in [-0.4, -0.2) is 30.5 Å². The van der Waals surface area contributed by atoms with E-state index in [1.807, 2.05) is 18.2 Å². The number of rotatable bonds is 8. The highest BCUT2D eigenvalue weighted by Gasteiger charge is 2.16. The number of nitrogens with one attached hydrogen (secondary N) is 1. The molecular formula is C18H28Cl2N4OS. The van der Waals surface area contributed by atoms with Crippen LogP contribution in [0.3, 0.4) is 0 Å². The molecule has 1 aliphatic heterocycles. The molecule has 146 valence electrons. The summed E-state index contributed by atoms with van der Waals surface area (Å²) < 4.78 is 1.14. The molecule has 8 heteroatoms. The molecule has 2 aromatic rings. The summed E-state index contributed by atoms with van der Waals surface area (Å²) in [5.41, 5.74) is 7.36. The van der Waals surface area contributed by atoms with Crippen LogP contribution in [0.1, 0.15) is 44.9 Å². The van der Waals surface area contributed by atoms with Gasteiger partial charge in [0.15, 0.2) is 5.13 Å². The molecule has 1 aromatic heterocycles. The van der Waals surface area contributed by atoms with Crippen molar-refractivity contribution < 1.29 is 4.79 Å². The fourth-order valence-corrected chi connectivity index (χ4v) is 4.10. The van der Waals surface area contributed by atoms with E-state index in [0.717, 1.165) is 66.4 Å². The minimum absolute atomic E-state index is 0. The molecule has 0 unspecified atom stereocenters. The molecule has 5 nitrogen and oxygen atoms in total. The first kappa shape index (κ1) is 23.0. The van der Waals surface area contributed by atoms with Crippen LogP contribution in [0.5, 0.6) is 0 Å². The Morgan fingerprint density at radius 2 is 1.88 bits per heavy atom. The highest BCUT2D eigenvalue weighted by Crippen LogP contribution is 2.32. The number of carbonyl (C=O) groups excluding carboxylic acids is 1. The number of benzene rings is 1. The molecule has 1 amide bonds. The van der Waals surface area contributed by atoms with Gasteiger partial charge < -0.3 is 16.0 Å². The minimum Gasteiger partial charge on any atom is -0.348 e. The molecule has 0 bridgehead atoms. The Morgan fingerprint density at radius 1 is 1.15 bits per heavy atom. The Balaban J connectivity index is 0.00000169. The van der Waals surface area contributed by atoms with Crippen molar-refractivity contribution in [2.24, 2.45) is 5.73 Å². The summed E-state index contributed by atoms with van der Waals surface area (Å²) in [5.74, 6) is 0.0892. The molecular weight excluding hydrogens is 391 g/mol. The summed E-state index contributed by atoms with van der Waals surface area (Å²) >= 11 is 1.71. The SMILES string of the molecule is Cl.Cl.NCCCCCCC(=O)Nc1ccc2nc(N3CCCC3)sc2c1. The van der Waals surface area contributed by atoms with Crippen LogP contribution in [0.2, 0.25) is 0 Å². The van der Waals surface area contributed by atoms with Crippen LogP contribution in [0.4, 0.5) is 10.8 Å². The third-order valence-electron chi connectivity index (χ3n) is 4.40. The molecule has 0 aliphatic carbocycles. The number of amides is 1. The van der Waals surface area contributed by atoms with Gasteiger partial charge >= 0.3 is 0 Å². The lowest BCUT2D eigenvalue weighted by molar-refractivity contribution is -0.116. The maximum atomic E-state index is 12.0. The summed E-state index contributed by atoms with van der Waals surface area (Å²) in [5, 5.41) is 4.11. The van der Waals surface area contributed by atoms with Gasteiger partial charge in [0, 0.05) is 25.2 Å². The first-order valence-corrected chi connectivity index (χ1v) is 9.73. The average molecular weight is 419 g/mol. The number of unbranched alkanes of at least 4 members (excludes halogenated alkanes) is 3. The standard InChI is InChI=1S/C18H26N4OS.2ClH/c19-10-4-2-1-3-7-17(23)20-14-8-9-15-16(13-14)24-18(21-15)22-11-5-6-12-22;;/h8-9,13H,1-7,10-12,19H2,(H,20,23);2*1H. The van der Waals surface area contributed by atoms with Crippen molar-refractivity contribution in [2.75, 3.05) is 29.9 Å². The van der Waals surface area contributed by atoms with Gasteiger partial charge in [-0.15, -0.1) is 24.8 Å². The lowest BCUT2D eigenvalue weighted by Gasteiger charge is -2.11. The number of nitrogens with two attached hydrogens (primary N) is 1. The van der Waals surface area contributed by atoms with Crippen LogP contribution in [0, 0.1) is 0 Å². The highest BCUT2D eigenvalue weighted by molar-refractivity contribution is 7.22. The number of aromatic nitrogens is 1. The molecule has 3 rings (SSSR count). The maximum absolute atomic E-state index is 12.0. The van der Waals surface area contributed by atoms with Gasteiger partial charge in [-0.2, -0.15) is 0 Å². The third-order valence-corrected chi connectivity index (χ3v) is 5.47. The second-order valence-corrected chi connectivity index (χ2v) is 7.38. The van der Waals surface area contributed by atoms with Gasteiger partial charge in [-0.05, 0) is 50.4 Å². The lowest BCUT2D eigenvalue weighted by atomic mass is 10.1. The summed E-state index contributed by atoms with van der Waals surface area (Å²) in [7, 11) is 0. The minimum atomic E-state index is 0. The van der Waals surface area contributed by atoms with Gasteiger partial charge in [0.25, 0.3) is 0 Å². The fourth-order valence-electron chi connectivity index (χ4n) is 3.04. The largest absolute Gasteiger partial charge is 0.348 e. The van der Waals surface area contributed by atoms with E-state index in [4.69, 9.17) is 10.7 Å². The van der Waals surface area contributed by atoms with Gasteiger partial charge in [0.2, 0.25) is 5.91 Å². The summed E-state index contributed by atoms with van der Waals surface area (Å²) in [6, 6.07) is 5.99. The molecule has 0 atom stereocenters. The van der Waals surface area contributed by atoms with Crippen molar-refractivity contribution in [3.8, 4) is 0 Å². The van der Waals surface area contributed by atoms with Gasteiger partial charge in [0.05, 0.1) is 10.2 Å². The van der Waals surface area contributed by atoms with Gasteiger partial charge in [-0.3, -0.25) is 4.79 Å². The van der Waals surface area contributed by atoms with E-state index in [9.17, 15) is 4.79 Å². The van der Waals surface area contributed by atoms with Crippen molar-refractivity contribution in [1.29, 1.82) is 0 Å². The number of carbonyl (C=O) groups is 1. The van der Waals surface area contributed by atoms with Gasteiger partial charge in [-0.1, -0.05) is 24.2 Å². The first-order chi connectivity index (χ1) is 11.8. The normalized spacial score (nSPS) is 13.3. The number of thiazole rings is 1. The quantitative estimate of drug-likeness (QED) is 0.614. The molecule has 1 aliphatic rings. The number of fused-ring (bicyclic) bond motifs is 1. The molecule has 0 spiro atoms. The Labute approximate surface area is 171 Å². The van der Waals surface area contributed by atoms with Crippen molar-refractivity contribution >= 4 is 63.1 Å². The van der Waals surface area contributed by atoms with Crippen molar-refractivity contribution in [3.63, 3.8) is 0 Å². The predicted octanol–water partition coefficient (Wildman–Crippen LogP) is 4.59. The molecule has 3 N–H and O–H groups in total. The predicted molar refractivity (Wildman–Crippen MR) is 116 cm³/mol. The maximum Gasteiger partial charge on any atom is 0.224 e. The number of halogens is 2. The Hall–Kier alpha value is -1.08.